The van der Waals surface area contributed by atoms with Gasteiger partial charge in [0.15, 0.2) is 0 Å². The fourth-order valence-electron chi connectivity index (χ4n) is 1.92. The molecular weight excluding hydrogens is 232 g/mol. The zero-order chi connectivity index (χ0) is 12.9. The summed E-state index contributed by atoms with van der Waals surface area (Å²) in [6, 6.07) is 0. The third kappa shape index (κ3) is 5.06. The standard InChI is InChI=1S/C13H24O3Si/c1-14-9-11-6-7-13(16-17(3,4)5)8-12(11)10-15-2/h7H,6,8-10H2,1-5H3. The largest absolute Gasteiger partial charge is 0.547 e. The van der Waals surface area contributed by atoms with Gasteiger partial charge in [-0.3, -0.25) is 0 Å². The summed E-state index contributed by atoms with van der Waals surface area (Å²) in [7, 11) is 1.96. The lowest BCUT2D eigenvalue weighted by Gasteiger charge is -2.26. The highest BCUT2D eigenvalue weighted by molar-refractivity contribution is 6.70. The van der Waals surface area contributed by atoms with Crippen LogP contribution in [0, 0.1) is 0 Å². The number of methoxy groups -OCH3 is 2. The zero-order valence-corrected chi connectivity index (χ0v) is 12.6. The molecule has 4 heteroatoms. The van der Waals surface area contributed by atoms with E-state index in [1.165, 1.54) is 11.1 Å². The van der Waals surface area contributed by atoms with Gasteiger partial charge in [-0.1, -0.05) is 0 Å². The minimum absolute atomic E-state index is 0.672. The minimum atomic E-state index is -1.50. The summed E-state index contributed by atoms with van der Waals surface area (Å²) in [4.78, 5) is 0. The van der Waals surface area contributed by atoms with Gasteiger partial charge in [-0.15, -0.1) is 0 Å². The molecule has 1 aliphatic rings. The summed E-state index contributed by atoms with van der Waals surface area (Å²) in [5, 5.41) is 0. The second-order valence-electron chi connectivity index (χ2n) is 5.34. The van der Waals surface area contributed by atoms with Crippen LogP contribution in [-0.2, 0) is 13.9 Å². The highest BCUT2D eigenvalue weighted by Gasteiger charge is 2.21. The zero-order valence-electron chi connectivity index (χ0n) is 11.6. The van der Waals surface area contributed by atoms with Gasteiger partial charge in [-0.25, -0.2) is 0 Å². The van der Waals surface area contributed by atoms with E-state index in [2.05, 4.69) is 25.7 Å². The van der Waals surface area contributed by atoms with E-state index in [0.29, 0.717) is 13.2 Å². The minimum Gasteiger partial charge on any atom is -0.547 e. The monoisotopic (exact) mass is 256 g/mol. The molecule has 0 saturated heterocycles. The van der Waals surface area contributed by atoms with Gasteiger partial charge in [-0.2, -0.15) is 0 Å². The van der Waals surface area contributed by atoms with E-state index in [-0.39, 0.29) is 0 Å². The van der Waals surface area contributed by atoms with E-state index in [1.54, 1.807) is 14.2 Å². The Balaban J connectivity index is 2.68. The number of hydrogen-bond acceptors (Lipinski definition) is 3. The quantitative estimate of drug-likeness (QED) is 0.540. The van der Waals surface area contributed by atoms with E-state index in [4.69, 9.17) is 13.9 Å². The van der Waals surface area contributed by atoms with Gasteiger partial charge < -0.3 is 13.9 Å². The summed E-state index contributed by atoms with van der Waals surface area (Å²) < 4.78 is 16.5. The Hall–Kier alpha value is -0.583. The molecule has 17 heavy (non-hydrogen) atoms. The van der Waals surface area contributed by atoms with Crippen molar-refractivity contribution in [3.8, 4) is 0 Å². The molecule has 98 valence electrons. The summed E-state index contributed by atoms with van der Waals surface area (Å²) in [5.41, 5.74) is 2.64. The fraction of sp³-hybridized carbons (Fsp3) is 0.692. The van der Waals surface area contributed by atoms with E-state index in [9.17, 15) is 0 Å². The molecule has 0 saturated carbocycles. The van der Waals surface area contributed by atoms with E-state index < -0.39 is 8.32 Å². The Kier molecular flexibility index (Phi) is 5.43. The maximum Gasteiger partial charge on any atom is 0.241 e. The Labute approximate surface area is 106 Å². The summed E-state index contributed by atoms with van der Waals surface area (Å²) in [6.45, 7) is 7.98. The number of rotatable bonds is 6. The third-order valence-electron chi connectivity index (χ3n) is 2.54. The lowest BCUT2D eigenvalue weighted by Crippen LogP contribution is -2.26. The normalized spacial score (nSPS) is 17.1. The topological polar surface area (TPSA) is 27.7 Å². The van der Waals surface area contributed by atoms with Crippen LogP contribution in [-0.4, -0.2) is 35.8 Å². The van der Waals surface area contributed by atoms with Gasteiger partial charge in [0.05, 0.1) is 19.0 Å². The van der Waals surface area contributed by atoms with Crippen LogP contribution in [0.3, 0.4) is 0 Å². The van der Waals surface area contributed by atoms with Gasteiger partial charge in [0, 0.05) is 20.6 Å². The number of hydrogen-bond donors (Lipinski definition) is 0. The molecule has 3 nitrogen and oxygen atoms in total. The molecule has 1 rings (SSSR count). The molecule has 0 bridgehead atoms. The predicted octanol–water partition coefficient (Wildman–Crippen LogP) is 3.11. The second kappa shape index (κ2) is 6.38. The van der Waals surface area contributed by atoms with Gasteiger partial charge >= 0.3 is 0 Å². The van der Waals surface area contributed by atoms with Crippen molar-refractivity contribution in [3.63, 3.8) is 0 Å². The van der Waals surface area contributed by atoms with Gasteiger partial charge in [0.25, 0.3) is 0 Å². The van der Waals surface area contributed by atoms with Gasteiger partial charge in [0.2, 0.25) is 8.32 Å². The van der Waals surface area contributed by atoms with Crippen LogP contribution in [0.25, 0.3) is 0 Å². The SMILES string of the molecule is COCC1=C(COC)CC(O[Si](C)(C)C)=CC1. The highest BCUT2D eigenvalue weighted by Crippen LogP contribution is 2.27. The van der Waals surface area contributed by atoms with Crippen LogP contribution in [0.15, 0.2) is 23.0 Å². The third-order valence-corrected chi connectivity index (χ3v) is 3.41. The van der Waals surface area contributed by atoms with Crippen molar-refractivity contribution in [2.24, 2.45) is 0 Å². The molecule has 1 aliphatic carbocycles. The van der Waals surface area contributed by atoms with Crippen molar-refractivity contribution in [1.82, 2.24) is 0 Å². The summed E-state index contributed by atoms with van der Waals surface area (Å²) in [6.07, 6.45) is 3.98. The van der Waals surface area contributed by atoms with E-state index in [1.807, 2.05) is 0 Å². The Morgan fingerprint density at radius 2 is 1.65 bits per heavy atom. The van der Waals surface area contributed by atoms with Crippen LogP contribution in [0.4, 0.5) is 0 Å². The maximum absolute atomic E-state index is 6.05. The average molecular weight is 256 g/mol. The van der Waals surface area contributed by atoms with Crippen molar-refractivity contribution < 1.29 is 13.9 Å². The average Bonchev–Trinajstić information content (AvgIpc) is 2.20. The highest BCUT2D eigenvalue weighted by atomic mass is 28.4. The molecule has 0 aromatic rings. The second-order valence-corrected chi connectivity index (χ2v) is 9.77. The smallest absolute Gasteiger partial charge is 0.241 e. The summed E-state index contributed by atoms with van der Waals surface area (Å²) in [5.74, 6) is 1.11. The van der Waals surface area contributed by atoms with Crippen molar-refractivity contribution in [2.75, 3.05) is 27.4 Å². The Morgan fingerprint density at radius 3 is 2.18 bits per heavy atom. The van der Waals surface area contributed by atoms with Crippen LogP contribution in [0.2, 0.25) is 19.6 Å². The molecule has 0 aliphatic heterocycles. The van der Waals surface area contributed by atoms with Crippen molar-refractivity contribution in [2.45, 2.75) is 32.5 Å². The molecule has 0 aromatic heterocycles. The number of ether oxygens (including phenoxy) is 2. The molecule has 0 atom stereocenters. The van der Waals surface area contributed by atoms with Crippen molar-refractivity contribution in [1.29, 1.82) is 0 Å². The molecule has 0 amide bonds. The fourth-order valence-corrected chi connectivity index (χ4v) is 2.86. The van der Waals surface area contributed by atoms with Crippen LogP contribution >= 0.6 is 0 Å². The first-order valence-corrected chi connectivity index (χ1v) is 9.43. The van der Waals surface area contributed by atoms with Crippen LogP contribution < -0.4 is 0 Å². The lowest BCUT2D eigenvalue weighted by molar-refractivity contribution is 0.205. The molecule has 0 fully saturated rings. The molecule has 0 radical (unpaired) electrons. The van der Waals surface area contributed by atoms with Crippen molar-refractivity contribution in [3.05, 3.63) is 23.0 Å². The molecular formula is C13H24O3Si. The maximum atomic E-state index is 6.05. The van der Waals surface area contributed by atoms with E-state index in [0.717, 1.165) is 18.6 Å². The first-order chi connectivity index (χ1) is 7.96. The van der Waals surface area contributed by atoms with E-state index >= 15 is 0 Å². The molecule has 0 unspecified atom stereocenters. The Morgan fingerprint density at radius 1 is 1.06 bits per heavy atom. The number of allylic oxidation sites excluding steroid dienone is 2. The Bertz CT molecular complexity index is 313. The predicted molar refractivity (Wildman–Crippen MR) is 72.5 cm³/mol. The molecule has 0 heterocycles. The van der Waals surface area contributed by atoms with Gasteiger partial charge in [0.1, 0.15) is 0 Å². The molecule has 0 aromatic carbocycles. The van der Waals surface area contributed by atoms with Crippen LogP contribution in [0.1, 0.15) is 12.8 Å². The van der Waals surface area contributed by atoms with Gasteiger partial charge in [-0.05, 0) is 43.3 Å². The van der Waals surface area contributed by atoms with Crippen LogP contribution in [0.5, 0.6) is 0 Å². The first-order valence-electron chi connectivity index (χ1n) is 6.02. The molecule has 0 N–H and O–H groups in total. The first kappa shape index (κ1) is 14.5. The van der Waals surface area contributed by atoms with Crippen molar-refractivity contribution >= 4 is 8.32 Å². The molecule has 0 spiro atoms. The lowest BCUT2D eigenvalue weighted by atomic mass is 9.97. The summed E-state index contributed by atoms with van der Waals surface area (Å²) >= 11 is 0.